The van der Waals surface area contributed by atoms with Crippen LogP contribution in [0.3, 0.4) is 0 Å². The number of hydrogen-bond acceptors (Lipinski definition) is 7. The van der Waals surface area contributed by atoms with Gasteiger partial charge < -0.3 is 20.7 Å². The molecule has 2 amide bonds. The van der Waals surface area contributed by atoms with Gasteiger partial charge in [-0.05, 0) is 64.6 Å². The number of carbonyl (C=O) groups excluding carboxylic acids is 2. The number of nitrogens with one attached hydrogen (secondary N) is 1. The smallest absolute Gasteiger partial charge is 0.236 e. The lowest BCUT2D eigenvalue weighted by molar-refractivity contribution is -0.123. The second-order valence-electron chi connectivity index (χ2n) is 8.10. The Bertz CT molecular complexity index is 877. The van der Waals surface area contributed by atoms with E-state index in [-0.39, 0.29) is 12.5 Å². The first kappa shape index (κ1) is 26.0. The van der Waals surface area contributed by atoms with Crippen LogP contribution >= 0.6 is 11.3 Å². The molecule has 2 aromatic rings. The third-order valence-electron chi connectivity index (χ3n) is 5.63. The molecule has 32 heavy (non-hydrogen) atoms. The Hall–Kier alpha value is -2.26. The molecule has 1 saturated carbocycles. The molecule has 2 heterocycles. The molecular formula is C23H37N5O3S. The van der Waals surface area contributed by atoms with Crippen LogP contribution in [0.5, 0.6) is 5.88 Å². The van der Waals surface area contributed by atoms with Crippen LogP contribution in [0.2, 0.25) is 0 Å². The van der Waals surface area contributed by atoms with Crippen molar-refractivity contribution in [1.82, 2.24) is 20.2 Å². The first-order valence-corrected chi connectivity index (χ1v) is 12.3. The highest BCUT2D eigenvalue weighted by atomic mass is 32.1. The average Bonchev–Trinajstić information content (AvgIpc) is 3.36. The molecule has 0 radical (unpaired) electrons. The number of thiophene rings is 1. The molecule has 8 nitrogen and oxygen atoms in total. The Morgan fingerprint density at radius 2 is 1.88 bits per heavy atom. The van der Waals surface area contributed by atoms with Gasteiger partial charge in [-0.1, -0.05) is 13.8 Å². The topological polar surface area (TPSA) is 110 Å². The number of rotatable bonds is 5. The van der Waals surface area contributed by atoms with Crippen molar-refractivity contribution in [2.75, 3.05) is 20.6 Å². The lowest BCUT2D eigenvalue weighted by Gasteiger charge is -2.32. The summed E-state index contributed by atoms with van der Waals surface area (Å²) in [7, 11) is 4.35. The maximum atomic E-state index is 10.0. The molecule has 0 aromatic carbocycles. The number of carbonyl (C=O) groups is 2. The van der Waals surface area contributed by atoms with Gasteiger partial charge in [-0.2, -0.15) is 0 Å². The van der Waals surface area contributed by atoms with Gasteiger partial charge in [-0.25, -0.2) is 9.97 Å². The Morgan fingerprint density at radius 3 is 2.44 bits per heavy atom. The van der Waals surface area contributed by atoms with Crippen LogP contribution in [0.4, 0.5) is 0 Å². The predicted molar refractivity (Wildman–Crippen MR) is 129 cm³/mol. The number of amides is 2. The van der Waals surface area contributed by atoms with Gasteiger partial charge in [0.05, 0.1) is 11.9 Å². The van der Waals surface area contributed by atoms with Gasteiger partial charge in [0, 0.05) is 17.8 Å². The fourth-order valence-electron chi connectivity index (χ4n) is 4.04. The van der Waals surface area contributed by atoms with E-state index < -0.39 is 5.91 Å². The number of aromatic nitrogens is 2. The normalized spacial score (nSPS) is 19.3. The van der Waals surface area contributed by atoms with Crippen molar-refractivity contribution in [3.05, 3.63) is 16.8 Å². The molecule has 0 saturated heterocycles. The Balaban J connectivity index is 0.000000311. The minimum atomic E-state index is -0.528. The van der Waals surface area contributed by atoms with E-state index in [1.165, 1.54) is 48.4 Å². The quantitative estimate of drug-likeness (QED) is 0.705. The highest BCUT2D eigenvalue weighted by Crippen LogP contribution is 2.40. The number of ether oxygens (including phenoxy) is 1. The molecule has 0 aliphatic heterocycles. The largest absolute Gasteiger partial charge is 0.474 e. The molecule has 0 atom stereocenters. The van der Waals surface area contributed by atoms with Crippen molar-refractivity contribution < 1.29 is 14.3 Å². The number of fused-ring (bicyclic) bond motifs is 3. The molecule has 178 valence electrons. The van der Waals surface area contributed by atoms with E-state index in [9.17, 15) is 9.59 Å². The first-order chi connectivity index (χ1) is 15.3. The van der Waals surface area contributed by atoms with E-state index in [1.807, 2.05) is 25.2 Å². The summed E-state index contributed by atoms with van der Waals surface area (Å²) >= 11 is 1.83. The van der Waals surface area contributed by atoms with Crippen molar-refractivity contribution in [2.24, 2.45) is 5.73 Å². The molecule has 0 unspecified atom stereocenters. The van der Waals surface area contributed by atoms with Crippen LogP contribution in [0.15, 0.2) is 6.33 Å². The summed E-state index contributed by atoms with van der Waals surface area (Å²) in [4.78, 5) is 33.8. The molecule has 0 bridgehead atoms. The molecule has 2 aliphatic rings. The van der Waals surface area contributed by atoms with Gasteiger partial charge in [0.1, 0.15) is 17.3 Å². The van der Waals surface area contributed by atoms with Gasteiger partial charge in [0.2, 0.25) is 17.7 Å². The van der Waals surface area contributed by atoms with E-state index in [4.69, 9.17) is 4.74 Å². The summed E-state index contributed by atoms with van der Waals surface area (Å²) in [6, 6.07) is 0.704. The van der Waals surface area contributed by atoms with Gasteiger partial charge >= 0.3 is 0 Å². The van der Waals surface area contributed by atoms with Crippen LogP contribution in [-0.2, 0) is 22.4 Å². The van der Waals surface area contributed by atoms with Gasteiger partial charge in [0.15, 0.2) is 0 Å². The standard InChI is InChI=1S/C17H23N3OS.C4H8N2O2.C2H6/c1-20(2)11-6-8-12(9-7-11)21-16-15-13-4-3-5-14(13)22-17(15)19-10-18-16;1-3(7)6-2-4(5)8;1-2/h10-12H,3-9H2,1-2H3;2H2,1H3,(H2,5,8)(H,6,7);1-2H3. The van der Waals surface area contributed by atoms with Gasteiger partial charge in [-0.15, -0.1) is 11.3 Å². The third kappa shape index (κ3) is 7.13. The minimum absolute atomic E-state index is 0.0741. The highest BCUT2D eigenvalue weighted by Gasteiger charge is 2.26. The van der Waals surface area contributed by atoms with E-state index in [1.54, 1.807) is 6.33 Å². The molecular weight excluding hydrogens is 426 g/mol. The van der Waals surface area contributed by atoms with Gasteiger partial charge in [0.25, 0.3) is 0 Å². The van der Waals surface area contributed by atoms with Crippen LogP contribution in [0.25, 0.3) is 10.2 Å². The maximum Gasteiger partial charge on any atom is 0.236 e. The lowest BCUT2D eigenvalue weighted by atomic mass is 9.92. The zero-order chi connectivity index (χ0) is 23.7. The predicted octanol–water partition coefficient (Wildman–Crippen LogP) is 3.07. The van der Waals surface area contributed by atoms with Crippen molar-refractivity contribution in [2.45, 2.75) is 77.9 Å². The summed E-state index contributed by atoms with van der Waals surface area (Å²) in [5, 5.41) is 3.43. The Morgan fingerprint density at radius 1 is 1.19 bits per heavy atom. The number of primary amides is 1. The fourth-order valence-corrected chi connectivity index (χ4v) is 5.26. The molecule has 1 fully saturated rings. The molecule has 2 aromatic heterocycles. The first-order valence-electron chi connectivity index (χ1n) is 11.5. The molecule has 3 N–H and O–H groups in total. The second kappa shape index (κ2) is 12.7. The zero-order valence-corrected chi connectivity index (χ0v) is 20.8. The van der Waals surface area contributed by atoms with Crippen molar-refractivity contribution in [1.29, 1.82) is 0 Å². The average molecular weight is 464 g/mol. The summed E-state index contributed by atoms with van der Waals surface area (Å²) in [5.41, 5.74) is 6.14. The van der Waals surface area contributed by atoms with E-state index in [2.05, 4.69) is 40.0 Å². The monoisotopic (exact) mass is 463 g/mol. The van der Waals surface area contributed by atoms with Crippen molar-refractivity contribution in [3.8, 4) is 5.88 Å². The summed E-state index contributed by atoms with van der Waals surface area (Å²) in [6.07, 6.45) is 10.3. The minimum Gasteiger partial charge on any atom is -0.474 e. The number of nitrogens with zero attached hydrogens (tertiary/aromatic N) is 3. The number of nitrogens with two attached hydrogens (primary N) is 1. The zero-order valence-electron chi connectivity index (χ0n) is 19.9. The maximum absolute atomic E-state index is 10.0. The third-order valence-corrected chi connectivity index (χ3v) is 6.83. The van der Waals surface area contributed by atoms with Crippen LogP contribution in [-0.4, -0.2) is 59.5 Å². The van der Waals surface area contributed by atoms with Crippen LogP contribution < -0.4 is 15.8 Å². The molecule has 2 aliphatic carbocycles. The van der Waals surface area contributed by atoms with Gasteiger partial charge in [-0.3, -0.25) is 9.59 Å². The number of aryl methyl sites for hydroxylation is 2. The fraction of sp³-hybridized carbons (Fsp3) is 0.652. The summed E-state index contributed by atoms with van der Waals surface area (Å²) < 4.78 is 6.32. The van der Waals surface area contributed by atoms with E-state index >= 15 is 0 Å². The van der Waals surface area contributed by atoms with Crippen LogP contribution in [0.1, 0.15) is 63.3 Å². The summed E-state index contributed by atoms with van der Waals surface area (Å²) in [5.74, 6) is 0.0571. The van der Waals surface area contributed by atoms with Crippen molar-refractivity contribution >= 4 is 33.4 Å². The highest BCUT2D eigenvalue weighted by molar-refractivity contribution is 7.18. The van der Waals surface area contributed by atoms with Crippen molar-refractivity contribution in [3.63, 3.8) is 0 Å². The molecule has 0 spiro atoms. The molecule has 9 heteroatoms. The Labute approximate surface area is 194 Å². The van der Waals surface area contributed by atoms with E-state index in [0.717, 1.165) is 30.0 Å². The van der Waals surface area contributed by atoms with E-state index in [0.29, 0.717) is 12.1 Å². The number of hydrogen-bond donors (Lipinski definition) is 2. The second-order valence-corrected chi connectivity index (χ2v) is 9.19. The van der Waals surface area contributed by atoms with Crippen LogP contribution in [0, 0.1) is 0 Å². The lowest BCUT2D eigenvalue weighted by Crippen LogP contribution is -2.35. The molecule has 4 rings (SSSR count). The summed E-state index contributed by atoms with van der Waals surface area (Å²) in [6.45, 7) is 5.25. The Kier molecular flexibility index (Phi) is 10.3. The SMILES string of the molecule is CC.CC(=O)NCC(N)=O.CN(C)C1CCC(Oc2ncnc3sc4c(c23)CCC4)CC1.